The third kappa shape index (κ3) is 15.4. The quantitative estimate of drug-likeness (QED) is 0.0616. The van der Waals surface area contributed by atoms with Crippen LogP contribution >= 0.6 is 0 Å². The van der Waals surface area contributed by atoms with Crippen molar-refractivity contribution in [1.82, 2.24) is 0 Å². The second-order valence-corrected chi connectivity index (χ2v) is 13.5. The molecule has 1 aliphatic carbocycles. The van der Waals surface area contributed by atoms with Crippen LogP contribution in [0.3, 0.4) is 0 Å². The Labute approximate surface area is 280 Å². The van der Waals surface area contributed by atoms with Gasteiger partial charge in [-0.2, -0.15) is 0 Å². The zero-order valence-corrected chi connectivity index (χ0v) is 29.2. The highest BCUT2D eigenvalue weighted by Gasteiger charge is 2.24. The Hall–Kier alpha value is -2.56. The second-order valence-electron chi connectivity index (χ2n) is 13.5. The summed E-state index contributed by atoms with van der Waals surface area (Å²) >= 11 is 0. The van der Waals surface area contributed by atoms with E-state index in [1.165, 1.54) is 134 Å². The molecule has 1 saturated carbocycles. The summed E-state index contributed by atoms with van der Waals surface area (Å²) in [5, 5.41) is 0. The van der Waals surface area contributed by atoms with Gasteiger partial charge in [0, 0.05) is 0 Å². The molecule has 0 bridgehead atoms. The summed E-state index contributed by atoms with van der Waals surface area (Å²) in [7, 11) is 0. The van der Waals surface area contributed by atoms with E-state index in [1.54, 1.807) is 18.2 Å². The van der Waals surface area contributed by atoms with Crippen LogP contribution in [-0.4, -0.2) is 19.2 Å². The molecule has 3 rings (SSSR count). The number of esters is 1. The summed E-state index contributed by atoms with van der Waals surface area (Å²) in [4.78, 5) is 12.7. The highest BCUT2D eigenvalue weighted by atomic mass is 19.1. The molecule has 46 heavy (non-hydrogen) atoms. The van der Waals surface area contributed by atoms with Crippen molar-refractivity contribution >= 4 is 5.97 Å². The lowest BCUT2D eigenvalue weighted by molar-refractivity contribution is 0.0734. The van der Waals surface area contributed by atoms with E-state index in [9.17, 15) is 9.18 Å². The van der Waals surface area contributed by atoms with Crippen LogP contribution in [0.4, 0.5) is 4.39 Å². The highest BCUT2D eigenvalue weighted by molar-refractivity contribution is 5.91. The molecular weight excluding hydrogens is 575 g/mol. The van der Waals surface area contributed by atoms with Crippen molar-refractivity contribution in [2.75, 3.05) is 13.2 Å². The molecule has 1 aliphatic rings. The van der Waals surface area contributed by atoms with Gasteiger partial charge in [0.25, 0.3) is 0 Å². The minimum atomic E-state index is -0.596. The summed E-state index contributed by atoms with van der Waals surface area (Å²) < 4.78 is 31.8. The highest BCUT2D eigenvalue weighted by Crippen LogP contribution is 2.36. The van der Waals surface area contributed by atoms with Gasteiger partial charge in [-0.3, -0.25) is 0 Å². The van der Waals surface area contributed by atoms with Gasteiger partial charge in [0.1, 0.15) is 11.5 Å². The molecule has 2 atom stereocenters. The van der Waals surface area contributed by atoms with Crippen molar-refractivity contribution in [3.63, 3.8) is 0 Å². The Morgan fingerprint density at radius 2 is 1.15 bits per heavy atom. The van der Waals surface area contributed by atoms with Crippen LogP contribution in [-0.2, 0) is 0 Å². The Kier molecular flexibility index (Phi) is 19.5. The van der Waals surface area contributed by atoms with Crippen molar-refractivity contribution in [3.05, 3.63) is 53.8 Å². The monoisotopic (exact) mass is 638 g/mol. The first-order valence-electron chi connectivity index (χ1n) is 19.0. The SMILES string of the molecule is CCCCCCCCCCCCOc1ccc(C(=O)Oc2ccc(OCCCC3CCCCC3CCCCCCC)cc2)cc1F. The maximum atomic E-state index is 14.6. The summed E-state index contributed by atoms with van der Waals surface area (Å²) in [6.45, 7) is 5.70. The van der Waals surface area contributed by atoms with E-state index in [0.29, 0.717) is 19.0 Å². The molecule has 0 spiro atoms. The van der Waals surface area contributed by atoms with Crippen LogP contribution in [0.1, 0.15) is 165 Å². The number of unbranched alkanes of at least 4 members (excludes halogenated alkanes) is 13. The zero-order chi connectivity index (χ0) is 32.7. The average molecular weight is 639 g/mol. The van der Waals surface area contributed by atoms with E-state index in [2.05, 4.69) is 13.8 Å². The Morgan fingerprint density at radius 3 is 1.76 bits per heavy atom. The summed E-state index contributed by atoms with van der Waals surface area (Å²) in [6, 6.07) is 11.4. The second kappa shape index (κ2) is 23.7. The number of carbonyl (C=O) groups excluding carboxylic acids is 1. The normalized spacial score (nSPS) is 16.3. The van der Waals surface area contributed by atoms with Gasteiger partial charge < -0.3 is 14.2 Å². The van der Waals surface area contributed by atoms with Crippen molar-refractivity contribution in [2.24, 2.45) is 11.8 Å². The fourth-order valence-corrected chi connectivity index (χ4v) is 6.88. The number of benzene rings is 2. The largest absolute Gasteiger partial charge is 0.494 e. The number of rotatable bonds is 25. The maximum absolute atomic E-state index is 14.6. The Bertz CT molecular complexity index is 1070. The Morgan fingerprint density at radius 1 is 0.630 bits per heavy atom. The summed E-state index contributed by atoms with van der Waals surface area (Å²) in [5.74, 6) is 1.96. The predicted molar refractivity (Wildman–Crippen MR) is 189 cm³/mol. The van der Waals surface area contributed by atoms with Gasteiger partial charge in [0.05, 0.1) is 18.8 Å². The van der Waals surface area contributed by atoms with Gasteiger partial charge in [0.2, 0.25) is 0 Å². The van der Waals surface area contributed by atoms with Gasteiger partial charge in [-0.25, -0.2) is 9.18 Å². The molecule has 0 amide bonds. The molecule has 0 radical (unpaired) electrons. The average Bonchev–Trinajstić information content (AvgIpc) is 3.07. The Balaban J connectivity index is 1.29. The molecule has 1 fully saturated rings. The topological polar surface area (TPSA) is 44.8 Å². The van der Waals surface area contributed by atoms with Crippen LogP contribution in [0.25, 0.3) is 0 Å². The molecular formula is C41H63FO4. The lowest BCUT2D eigenvalue weighted by atomic mass is 9.74. The molecule has 0 aliphatic heterocycles. The van der Waals surface area contributed by atoms with Crippen LogP contribution in [0.15, 0.2) is 42.5 Å². The summed E-state index contributed by atoms with van der Waals surface area (Å²) in [6.07, 6.45) is 28.5. The molecule has 5 heteroatoms. The van der Waals surface area contributed by atoms with E-state index >= 15 is 0 Å². The fraction of sp³-hybridized carbons (Fsp3) is 0.683. The molecule has 0 N–H and O–H groups in total. The van der Waals surface area contributed by atoms with Crippen molar-refractivity contribution in [3.8, 4) is 17.2 Å². The molecule has 2 aromatic carbocycles. The van der Waals surface area contributed by atoms with Gasteiger partial charge in [-0.15, -0.1) is 0 Å². The lowest BCUT2D eigenvalue weighted by Gasteiger charge is -2.31. The molecule has 0 saturated heterocycles. The van der Waals surface area contributed by atoms with Crippen molar-refractivity contribution in [1.29, 1.82) is 0 Å². The molecule has 4 nitrogen and oxygen atoms in total. The van der Waals surface area contributed by atoms with E-state index in [-0.39, 0.29) is 11.3 Å². The van der Waals surface area contributed by atoms with Crippen LogP contribution in [0.5, 0.6) is 17.2 Å². The number of carbonyl (C=O) groups is 1. The number of ether oxygens (including phenoxy) is 3. The van der Waals surface area contributed by atoms with Gasteiger partial charge in [-0.1, -0.05) is 136 Å². The molecule has 0 heterocycles. The number of hydrogen-bond donors (Lipinski definition) is 0. The van der Waals surface area contributed by atoms with Gasteiger partial charge >= 0.3 is 5.97 Å². The van der Waals surface area contributed by atoms with Crippen LogP contribution in [0, 0.1) is 17.7 Å². The molecule has 2 aromatic rings. The standard InChI is InChI=1S/C41H63FO4/c1-3-5-7-9-10-11-12-13-15-19-31-45-40-30-25-36(33-39(40)42)41(43)46-38-28-26-37(27-29-38)44-32-20-24-35-23-18-17-22-34(35)21-16-14-8-6-4-2/h25-30,33-35H,3-24,31-32H2,1-2H3. The first-order valence-corrected chi connectivity index (χ1v) is 19.0. The first kappa shape index (κ1) is 37.9. The minimum Gasteiger partial charge on any atom is -0.494 e. The van der Waals surface area contributed by atoms with Crippen LogP contribution < -0.4 is 14.2 Å². The lowest BCUT2D eigenvalue weighted by Crippen LogP contribution is -2.20. The van der Waals surface area contributed by atoms with Crippen LogP contribution in [0.2, 0.25) is 0 Å². The van der Waals surface area contributed by atoms with E-state index < -0.39 is 11.8 Å². The minimum absolute atomic E-state index is 0.158. The fourth-order valence-electron chi connectivity index (χ4n) is 6.88. The van der Waals surface area contributed by atoms with E-state index in [1.807, 2.05) is 12.1 Å². The molecule has 258 valence electrons. The molecule has 2 unspecified atom stereocenters. The van der Waals surface area contributed by atoms with Gasteiger partial charge in [-0.05, 0) is 73.6 Å². The van der Waals surface area contributed by atoms with Gasteiger partial charge in [0.15, 0.2) is 11.6 Å². The first-order chi connectivity index (χ1) is 22.6. The predicted octanol–water partition coefficient (Wildman–Crippen LogP) is 12.7. The smallest absolute Gasteiger partial charge is 0.343 e. The number of halogens is 1. The van der Waals surface area contributed by atoms with Crippen molar-refractivity contribution in [2.45, 2.75) is 155 Å². The molecule has 0 aromatic heterocycles. The third-order valence-corrected chi connectivity index (χ3v) is 9.69. The number of hydrogen-bond acceptors (Lipinski definition) is 4. The maximum Gasteiger partial charge on any atom is 0.343 e. The summed E-state index contributed by atoms with van der Waals surface area (Å²) in [5.41, 5.74) is 0.158. The van der Waals surface area contributed by atoms with E-state index in [0.717, 1.165) is 36.8 Å². The third-order valence-electron chi connectivity index (χ3n) is 9.69. The van der Waals surface area contributed by atoms with Crippen molar-refractivity contribution < 1.29 is 23.4 Å². The van der Waals surface area contributed by atoms with E-state index in [4.69, 9.17) is 14.2 Å². The zero-order valence-electron chi connectivity index (χ0n) is 29.2.